The normalized spacial score (nSPS) is 12.7. The summed E-state index contributed by atoms with van der Waals surface area (Å²) in [5.74, 6) is -2.78. The molecule has 0 aliphatic heterocycles. The molecule has 0 saturated heterocycles. The van der Waals surface area contributed by atoms with Gasteiger partial charge in [0.05, 0.1) is 22.8 Å². The van der Waals surface area contributed by atoms with Crippen molar-refractivity contribution < 1.29 is 27.1 Å². The van der Waals surface area contributed by atoms with Crippen molar-refractivity contribution in [1.82, 2.24) is 4.57 Å². The number of hydrogen-bond acceptors (Lipinski definition) is 3. The topological polar surface area (TPSA) is 43.6 Å². The van der Waals surface area contributed by atoms with E-state index in [1.807, 2.05) is 0 Å². The van der Waals surface area contributed by atoms with Gasteiger partial charge in [0.15, 0.2) is 10.6 Å². The number of amides is 1. The molecule has 0 aliphatic carbocycles. The third-order valence-corrected chi connectivity index (χ3v) is 5.11. The second-order valence-electron chi connectivity index (χ2n) is 5.37. The molecular formula is C16H15ClF4N2O2S. The van der Waals surface area contributed by atoms with Crippen molar-refractivity contribution in [2.24, 2.45) is 4.99 Å². The van der Waals surface area contributed by atoms with E-state index >= 15 is 0 Å². The lowest BCUT2D eigenvalue weighted by Gasteiger charge is -2.12. The lowest BCUT2D eigenvalue weighted by Crippen LogP contribution is -2.22. The summed E-state index contributed by atoms with van der Waals surface area (Å²) in [5, 5.41) is -0.581. The number of carbonyl (C=O) groups is 1. The van der Waals surface area contributed by atoms with Gasteiger partial charge in [0.2, 0.25) is 0 Å². The van der Waals surface area contributed by atoms with Gasteiger partial charge < -0.3 is 9.30 Å². The second kappa shape index (κ2) is 7.89. The summed E-state index contributed by atoms with van der Waals surface area (Å²) >= 11 is 6.68. The lowest BCUT2D eigenvalue weighted by atomic mass is 10.1. The Kier molecular flexibility index (Phi) is 6.25. The number of hydrogen-bond donors (Lipinski definition) is 0. The summed E-state index contributed by atoms with van der Waals surface area (Å²) in [7, 11) is 1.49. The smallest absolute Gasteiger partial charge is 0.383 e. The monoisotopic (exact) mass is 410 g/mol. The highest BCUT2D eigenvalue weighted by Gasteiger charge is 2.37. The first-order valence-electron chi connectivity index (χ1n) is 7.38. The summed E-state index contributed by atoms with van der Waals surface area (Å²) in [4.78, 5) is 17.1. The predicted molar refractivity (Wildman–Crippen MR) is 90.0 cm³/mol. The van der Waals surface area contributed by atoms with Crippen molar-refractivity contribution in [1.29, 1.82) is 0 Å². The minimum atomic E-state index is -4.92. The van der Waals surface area contributed by atoms with Crippen LogP contribution in [-0.4, -0.2) is 24.2 Å². The lowest BCUT2D eigenvalue weighted by molar-refractivity contribution is -0.138. The Labute approximate surface area is 155 Å². The Balaban J connectivity index is 2.64. The Hall–Kier alpha value is -1.71. The van der Waals surface area contributed by atoms with Crippen LogP contribution >= 0.6 is 22.9 Å². The van der Waals surface area contributed by atoms with Gasteiger partial charge in [-0.05, 0) is 26.0 Å². The van der Waals surface area contributed by atoms with Gasteiger partial charge in [-0.25, -0.2) is 4.39 Å². The molecule has 0 saturated carbocycles. The van der Waals surface area contributed by atoms with E-state index in [2.05, 4.69) is 4.99 Å². The molecule has 2 rings (SSSR count). The number of alkyl halides is 3. The first-order chi connectivity index (χ1) is 12.1. The molecule has 2 aromatic rings. The molecule has 142 valence electrons. The van der Waals surface area contributed by atoms with E-state index in [9.17, 15) is 22.4 Å². The summed E-state index contributed by atoms with van der Waals surface area (Å²) in [5.41, 5.74) is -1.81. The van der Waals surface area contributed by atoms with Crippen LogP contribution in [0.5, 0.6) is 0 Å². The fourth-order valence-corrected chi connectivity index (χ4v) is 3.42. The summed E-state index contributed by atoms with van der Waals surface area (Å²) in [6.45, 7) is 4.24. The molecule has 10 heteroatoms. The fourth-order valence-electron chi connectivity index (χ4n) is 2.27. The Morgan fingerprint density at radius 3 is 2.58 bits per heavy atom. The first-order valence-corrected chi connectivity index (χ1v) is 8.57. The van der Waals surface area contributed by atoms with Crippen LogP contribution in [0.25, 0.3) is 0 Å². The second-order valence-corrected chi connectivity index (χ2v) is 6.96. The van der Waals surface area contributed by atoms with Gasteiger partial charge in [0.1, 0.15) is 0 Å². The van der Waals surface area contributed by atoms with Gasteiger partial charge in [0, 0.05) is 24.2 Å². The van der Waals surface area contributed by atoms with Crippen molar-refractivity contribution >= 4 is 28.8 Å². The maximum Gasteiger partial charge on any atom is 0.417 e. The number of methoxy groups -OCH3 is 1. The molecule has 1 aromatic carbocycles. The molecule has 0 unspecified atom stereocenters. The number of nitrogens with zero attached hydrogens (tertiary/aromatic N) is 2. The van der Waals surface area contributed by atoms with Crippen LogP contribution in [0.4, 0.5) is 17.6 Å². The molecule has 0 fully saturated rings. The Bertz CT molecular complexity index is 903. The number of halogens is 5. The van der Waals surface area contributed by atoms with E-state index in [0.29, 0.717) is 19.2 Å². The van der Waals surface area contributed by atoms with Crippen LogP contribution in [0, 0.1) is 19.7 Å². The zero-order chi connectivity index (χ0) is 19.6. The van der Waals surface area contributed by atoms with Gasteiger partial charge in [-0.3, -0.25) is 4.79 Å². The maximum absolute atomic E-state index is 14.2. The minimum absolute atomic E-state index is 0.162. The van der Waals surface area contributed by atoms with Gasteiger partial charge in [0.25, 0.3) is 5.91 Å². The SMILES string of the molecule is COCCn1c(C)c(C)s/c1=N\C(=O)c1c(C(F)(F)F)ccc(Cl)c1F. The van der Waals surface area contributed by atoms with Crippen LogP contribution in [0.15, 0.2) is 17.1 Å². The third kappa shape index (κ3) is 4.16. The molecule has 4 nitrogen and oxygen atoms in total. The van der Waals surface area contributed by atoms with Gasteiger partial charge in [-0.2, -0.15) is 18.2 Å². The van der Waals surface area contributed by atoms with Crippen LogP contribution < -0.4 is 4.80 Å². The maximum atomic E-state index is 14.2. The summed E-state index contributed by atoms with van der Waals surface area (Å²) in [6, 6.07) is 1.33. The molecule has 26 heavy (non-hydrogen) atoms. The zero-order valence-electron chi connectivity index (χ0n) is 14.1. The van der Waals surface area contributed by atoms with Crippen molar-refractivity contribution in [2.45, 2.75) is 26.6 Å². The number of benzene rings is 1. The van der Waals surface area contributed by atoms with Crippen molar-refractivity contribution in [3.8, 4) is 0 Å². The first kappa shape index (κ1) is 20.6. The van der Waals surface area contributed by atoms with Crippen molar-refractivity contribution in [3.63, 3.8) is 0 Å². The molecule has 0 N–H and O–H groups in total. The number of rotatable bonds is 4. The largest absolute Gasteiger partial charge is 0.417 e. The zero-order valence-corrected chi connectivity index (χ0v) is 15.7. The van der Waals surface area contributed by atoms with E-state index < -0.39 is 34.1 Å². The minimum Gasteiger partial charge on any atom is -0.383 e. The molecule has 1 heterocycles. The molecule has 0 bridgehead atoms. The fraction of sp³-hybridized carbons (Fsp3) is 0.375. The van der Waals surface area contributed by atoms with Crippen LogP contribution in [0.2, 0.25) is 5.02 Å². The quantitative estimate of drug-likeness (QED) is 0.703. The number of ether oxygens (including phenoxy) is 1. The van der Waals surface area contributed by atoms with E-state index in [-0.39, 0.29) is 4.80 Å². The number of thiazole rings is 1. The van der Waals surface area contributed by atoms with Gasteiger partial charge >= 0.3 is 6.18 Å². The summed E-state index contributed by atoms with van der Waals surface area (Å²) in [6.07, 6.45) is -4.92. The number of aromatic nitrogens is 1. The Morgan fingerprint density at radius 2 is 2.00 bits per heavy atom. The Morgan fingerprint density at radius 1 is 1.35 bits per heavy atom. The molecule has 1 aromatic heterocycles. The molecule has 0 radical (unpaired) electrons. The van der Waals surface area contributed by atoms with Crippen molar-refractivity contribution in [2.75, 3.05) is 13.7 Å². The molecular weight excluding hydrogens is 396 g/mol. The number of aryl methyl sites for hydroxylation is 1. The van der Waals surface area contributed by atoms with E-state index in [4.69, 9.17) is 16.3 Å². The molecule has 0 spiro atoms. The van der Waals surface area contributed by atoms with Crippen molar-refractivity contribution in [3.05, 3.63) is 49.5 Å². The standard InChI is InChI=1S/C16H15ClF4N2O2S/c1-8-9(2)26-15(23(8)6-7-25-3)22-14(24)12-10(16(19,20)21)4-5-11(17)13(12)18/h4-5H,6-7H2,1-3H3/b22-15-. The van der Waals surface area contributed by atoms with E-state index in [0.717, 1.165) is 28.0 Å². The van der Waals surface area contributed by atoms with Gasteiger partial charge in [-0.1, -0.05) is 11.6 Å². The summed E-state index contributed by atoms with van der Waals surface area (Å²) < 4.78 is 60.3. The average molecular weight is 411 g/mol. The van der Waals surface area contributed by atoms with E-state index in [1.165, 1.54) is 7.11 Å². The predicted octanol–water partition coefficient (Wildman–Crippen LogP) is 4.37. The third-order valence-electron chi connectivity index (χ3n) is 3.72. The van der Waals surface area contributed by atoms with Crippen LogP contribution in [-0.2, 0) is 17.5 Å². The van der Waals surface area contributed by atoms with Crippen LogP contribution in [0.3, 0.4) is 0 Å². The highest BCUT2D eigenvalue weighted by atomic mass is 35.5. The van der Waals surface area contributed by atoms with E-state index in [1.54, 1.807) is 18.4 Å². The molecule has 0 atom stereocenters. The highest BCUT2D eigenvalue weighted by Crippen LogP contribution is 2.35. The van der Waals surface area contributed by atoms with Crippen LogP contribution in [0.1, 0.15) is 26.5 Å². The average Bonchev–Trinajstić information content (AvgIpc) is 2.80. The number of carbonyl (C=O) groups excluding carboxylic acids is 1. The highest BCUT2D eigenvalue weighted by molar-refractivity contribution is 7.09. The van der Waals surface area contributed by atoms with Gasteiger partial charge in [-0.15, -0.1) is 11.3 Å². The molecule has 0 aliphatic rings. The molecule has 1 amide bonds.